The van der Waals surface area contributed by atoms with Gasteiger partial charge in [-0.2, -0.15) is 0 Å². The van der Waals surface area contributed by atoms with Crippen LogP contribution in [0.1, 0.15) is 6.42 Å². The minimum absolute atomic E-state index is 0.000664. The van der Waals surface area contributed by atoms with Crippen LogP contribution < -0.4 is 0 Å². The quantitative estimate of drug-likeness (QED) is 0.0883. The summed E-state index contributed by atoms with van der Waals surface area (Å²) in [5.41, 5.74) is 0. The molecule has 0 aromatic heterocycles. The van der Waals surface area contributed by atoms with Gasteiger partial charge in [0.25, 0.3) is 0 Å². The van der Waals surface area contributed by atoms with Crippen LogP contribution in [0.25, 0.3) is 0 Å². The van der Waals surface area contributed by atoms with Gasteiger partial charge in [0.05, 0.1) is 145 Å². The number of carboxylic acid groups (broad SMARTS) is 1. The lowest BCUT2D eigenvalue weighted by atomic mass is 10.5. The Hall–Kier alpha value is -1.39. The third-order valence-corrected chi connectivity index (χ3v) is 4.27. The van der Waals surface area contributed by atoms with Crippen LogP contribution >= 0.6 is 0 Å². The van der Waals surface area contributed by atoms with Crippen molar-refractivity contribution >= 4 is 5.97 Å². The maximum atomic E-state index is 10.3. The SMILES string of the molecule is C=COCCOCCOCCOCCOCCOCCOCCOCCOCCOCCOCCC(=O)O. The molecule has 0 saturated heterocycles. The van der Waals surface area contributed by atoms with Gasteiger partial charge < -0.3 is 57.2 Å². The predicted octanol–water partition coefficient (Wildman–Crippen LogP) is 0.787. The third kappa shape index (κ3) is 34.6. The number of hydrogen-bond acceptors (Lipinski definition) is 12. The molecule has 0 aromatic carbocycles. The molecule has 13 nitrogen and oxygen atoms in total. The Morgan fingerprint density at radius 1 is 0.421 bits per heavy atom. The zero-order valence-electron chi connectivity index (χ0n) is 22.7. The van der Waals surface area contributed by atoms with Crippen LogP contribution in [0.2, 0.25) is 0 Å². The van der Waals surface area contributed by atoms with Crippen molar-refractivity contribution in [3.8, 4) is 0 Å². The van der Waals surface area contributed by atoms with Gasteiger partial charge in [-0.25, -0.2) is 0 Å². The maximum Gasteiger partial charge on any atom is 0.305 e. The average Bonchev–Trinajstić information content (AvgIpc) is 2.91. The number of rotatable bonds is 34. The van der Waals surface area contributed by atoms with E-state index < -0.39 is 5.97 Å². The van der Waals surface area contributed by atoms with E-state index in [2.05, 4.69) is 6.58 Å². The molecule has 0 aliphatic carbocycles. The van der Waals surface area contributed by atoms with E-state index >= 15 is 0 Å². The van der Waals surface area contributed by atoms with E-state index in [0.29, 0.717) is 132 Å². The van der Waals surface area contributed by atoms with E-state index in [9.17, 15) is 4.79 Å². The van der Waals surface area contributed by atoms with Crippen LogP contribution in [0.4, 0.5) is 0 Å². The first kappa shape index (κ1) is 36.6. The number of aliphatic carboxylic acids is 1. The van der Waals surface area contributed by atoms with Gasteiger partial charge in [-0.15, -0.1) is 0 Å². The Morgan fingerprint density at radius 3 is 0.842 bits per heavy atom. The zero-order chi connectivity index (χ0) is 27.6. The van der Waals surface area contributed by atoms with Crippen molar-refractivity contribution in [2.45, 2.75) is 6.42 Å². The van der Waals surface area contributed by atoms with E-state index in [-0.39, 0.29) is 13.0 Å². The van der Waals surface area contributed by atoms with Crippen molar-refractivity contribution in [2.24, 2.45) is 0 Å². The second-order valence-electron chi connectivity index (χ2n) is 7.30. The molecule has 1 N–H and O–H groups in total. The average molecular weight is 557 g/mol. The van der Waals surface area contributed by atoms with Gasteiger partial charge in [0.15, 0.2) is 0 Å². The van der Waals surface area contributed by atoms with Crippen molar-refractivity contribution in [3.63, 3.8) is 0 Å². The lowest BCUT2D eigenvalue weighted by Crippen LogP contribution is -2.15. The molecular formula is C25H48O13. The molecule has 0 aromatic rings. The maximum absolute atomic E-state index is 10.3. The molecule has 0 unspecified atom stereocenters. The zero-order valence-corrected chi connectivity index (χ0v) is 22.7. The number of carboxylic acids is 1. The van der Waals surface area contributed by atoms with Crippen LogP contribution in [0, 0.1) is 0 Å². The van der Waals surface area contributed by atoms with Crippen molar-refractivity contribution < 1.29 is 62.0 Å². The van der Waals surface area contributed by atoms with Crippen molar-refractivity contribution in [1.82, 2.24) is 0 Å². The minimum Gasteiger partial charge on any atom is -0.499 e. The van der Waals surface area contributed by atoms with E-state index in [1.807, 2.05) is 0 Å². The Balaban J connectivity index is 3.03. The summed E-state index contributed by atoms with van der Waals surface area (Å²) >= 11 is 0. The largest absolute Gasteiger partial charge is 0.499 e. The first-order valence-corrected chi connectivity index (χ1v) is 13.0. The first-order chi connectivity index (χ1) is 18.8. The second kappa shape index (κ2) is 33.6. The molecular weight excluding hydrogens is 508 g/mol. The summed E-state index contributed by atoms with van der Waals surface area (Å²) < 4.78 is 58.5. The Morgan fingerprint density at radius 2 is 0.632 bits per heavy atom. The molecule has 38 heavy (non-hydrogen) atoms. The highest BCUT2D eigenvalue weighted by Gasteiger charge is 1.97. The molecule has 0 fully saturated rings. The molecule has 0 aliphatic heterocycles. The molecule has 0 bridgehead atoms. The highest BCUT2D eigenvalue weighted by Crippen LogP contribution is 1.87. The topological polar surface area (TPSA) is 139 Å². The van der Waals surface area contributed by atoms with Crippen LogP contribution in [-0.4, -0.2) is 150 Å². The van der Waals surface area contributed by atoms with E-state index in [1.54, 1.807) is 0 Å². The molecule has 0 heterocycles. The fourth-order valence-corrected chi connectivity index (χ4v) is 2.43. The van der Waals surface area contributed by atoms with Gasteiger partial charge in [-0.3, -0.25) is 4.79 Å². The third-order valence-electron chi connectivity index (χ3n) is 4.27. The highest BCUT2D eigenvalue weighted by atomic mass is 16.6. The molecule has 0 rings (SSSR count). The summed E-state index contributed by atoms with van der Waals surface area (Å²) in [5.74, 6) is -0.873. The Kier molecular flexibility index (Phi) is 32.4. The predicted molar refractivity (Wildman–Crippen MR) is 137 cm³/mol. The number of hydrogen-bond donors (Lipinski definition) is 1. The van der Waals surface area contributed by atoms with Gasteiger partial charge >= 0.3 is 5.97 Å². The van der Waals surface area contributed by atoms with E-state index in [0.717, 1.165) is 0 Å². The van der Waals surface area contributed by atoms with Gasteiger partial charge in [0.1, 0.15) is 6.61 Å². The summed E-state index contributed by atoms with van der Waals surface area (Å²) in [6, 6.07) is 0. The van der Waals surface area contributed by atoms with Crippen molar-refractivity contribution in [1.29, 1.82) is 0 Å². The van der Waals surface area contributed by atoms with Gasteiger partial charge in [-0.1, -0.05) is 6.58 Å². The van der Waals surface area contributed by atoms with Crippen LogP contribution in [-0.2, 0) is 56.9 Å². The number of carbonyl (C=O) groups is 1. The summed E-state index contributed by atoms with van der Waals surface area (Å²) in [6.45, 7) is 13.4. The molecule has 0 atom stereocenters. The van der Waals surface area contributed by atoms with Crippen LogP contribution in [0.5, 0.6) is 0 Å². The molecule has 0 radical (unpaired) electrons. The summed E-state index contributed by atoms with van der Waals surface area (Å²) in [6.07, 6.45) is 1.39. The van der Waals surface area contributed by atoms with Gasteiger partial charge in [0, 0.05) is 0 Å². The fraction of sp³-hybridized carbons (Fsp3) is 0.880. The summed E-state index contributed by atoms with van der Waals surface area (Å²) in [7, 11) is 0. The standard InChI is InChI=1S/C25H48O13/c1-2-28-5-6-30-9-10-32-13-14-34-17-18-36-21-22-38-24-23-37-20-19-35-16-15-33-12-11-31-8-7-29-4-3-25(26)27/h2H,1,3-24H2,(H,26,27). The Labute approximate surface area is 226 Å². The van der Waals surface area contributed by atoms with Gasteiger partial charge in [0.2, 0.25) is 0 Å². The first-order valence-electron chi connectivity index (χ1n) is 13.0. The van der Waals surface area contributed by atoms with Gasteiger partial charge in [-0.05, 0) is 0 Å². The molecule has 226 valence electrons. The molecule has 13 heteroatoms. The highest BCUT2D eigenvalue weighted by molar-refractivity contribution is 5.66. The number of ether oxygens (including phenoxy) is 11. The van der Waals surface area contributed by atoms with E-state index in [1.165, 1.54) is 6.26 Å². The normalized spacial score (nSPS) is 11.2. The molecule has 0 aliphatic rings. The molecule has 0 spiro atoms. The fourth-order valence-electron chi connectivity index (χ4n) is 2.43. The molecule has 0 amide bonds. The minimum atomic E-state index is -0.873. The second-order valence-corrected chi connectivity index (χ2v) is 7.30. The lowest BCUT2D eigenvalue weighted by Gasteiger charge is -2.09. The summed E-state index contributed by atoms with van der Waals surface area (Å²) in [4.78, 5) is 10.3. The van der Waals surface area contributed by atoms with Crippen LogP contribution in [0.3, 0.4) is 0 Å². The Bertz CT molecular complexity index is 482. The molecule has 0 saturated carbocycles. The monoisotopic (exact) mass is 556 g/mol. The van der Waals surface area contributed by atoms with Crippen LogP contribution in [0.15, 0.2) is 12.8 Å². The lowest BCUT2D eigenvalue weighted by molar-refractivity contribution is -0.138. The van der Waals surface area contributed by atoms with E-state index in [4.69, 9.17) is 57.2 Å². The van der Waals surface area contributed by atoms with Crippen molar-refractivity contribution in [2.75, 3.05) is 139 Å². The summed E-state index contributed by atoms with van der Waals surface area (Å²) in [5, 5.41) is 8.47. The van der Waals surface area contributed by atoms with Crippen molar-refractivity contribution in [3.05, 3.63) is 12.8 Å². The smallest absolute Gasteiger partial charge is 0.305 e.